The molecule has 1 aliphatic rings. The van der Waals surface area contributed by atoms with Crippen LogP contribution in [0.4, 0.5) is 10.6 Å². The molecule has 33 heavy (non-hydrogen) atoms. The minimum Gasteiger partial charge on any atom is -0.444 e. The molecular weight excluding hydrogens is 461 g/mol. The van der Waals surface area contributed by atoms with E-state index in [2.05, 4.69) is 25.2 Å². The van der Waals surface area contributed by atoms with Gasteiger partial charge in [-0.15, -0.1) is 0 Å². The highest BCUT2D eigenvalue weighted by Gasteiger charge is 2.24. The lowest BCUT2D eigenvalue weighted by atomic mass is 10.1. The van der Waals surface area contributed by atoms with Crippen molar-refractivity contribution in [2.45, 2.75) is 45.3 Å². The number of carbonyl (C=O) groups is 1. The minimum absolute atomic E-state index is 0.110. The number of amides is 1. The number of hydrogen-bond donors (Lipinski definition) is 2. The molecule has 7 nitrogen and oxygen atoms in total. The van der Waals surface area contributed by atoms with Crippen molar-refractivity contribution in [2.75, 3.05) is 18.0 Å². The summed E-state index contributed by atoms with van der Waals surface area (Å²) >= 11 is 12.1. The van der Waals surface area contributed by atoms with E-state index in [9.17, 15) is 4.79 Å². The van der Waals surface area contributed by atoms with E-state index in [1.807, 2.05) is 51.2 Å². The second kappa shape index (κ2) is 9.61. The van der Waals surface area contributed by atoms with Gasteiger partial charge in [-0.3, -0.25) is 0 Å². The molecule has 0 unspecified atom stereocenters. The normalized spacial score (nSPS) is 14.9. The maximum Gasteiger partial charge on any atom is 0.407 e. The molecule has 0 saturated carbocycles. The van der Waals surface area contributed by atoms with E-state index in [4.69, 9.17) is 27.9 Å². The largest absolute Gasteiger partial charge is 0.444 e. The monoisotopic (exact) mass is 487 g/mol. The van der Waals surface area contributed by atoms with Crippen molar-refractivity contribution in [1.29, 1.82) is 0 Å². The van der Waals surface area contributed by atoms with Crippen LogP contribution in [-0.4, -0.2) is 45.8 Å². The number of aromatic nitrogens is 3. The number of hydrogen-bond acceptors (Lipinski definition) is 5. The summed E-state index contributed by atoms with van der Waals surface area (Å²) in [5.74, 6) is 1.64. The zero-order chi connectivity index (χ0) is 23.6. The lowest BCUT2D eigenvalue weighted by Crippen LogP contribution is -2.46. The Labute approximate surface area is 203 Å². The highest BCUT2D eigenvalue weighted by molar-refractivity contribution is 6.42. The number of carbonyl (C=O) groups excluding carboxylic acids is 1. The quantitative estimate of drug-likeness (QED) is 0.475. The number of H-pyrrole nitrogens is 1. The van der Waals surface area contributed by atoms with Gasteiger partial charge in [0.25, 0.3) is 0 Å². The highest BCUT2D eigenvalue weighted by Crippen LogP contribution is 2.29. The molecule has 3 heterocycles. The van der Waals surface area contributed by atoms with Crippen molar-refractivity contribution < 1.29 is 9.53 Å². The van der Waals surface area contributed by atoms with Crippen LogP contribution in [0, 0.1) is 0 Å². The molecular formula is C24H27Cl2N5O2. The molecule has 0 aliphatic carbocycles. The van der Waals surface area contributed by atoms with Gasteiger partial charge in [0.2, 0.25) is 0 Å². The van der Waals surface area contributed by atoms with Crippen molar-refractivity contribution >= 4 is 35.1 Å². The lowest BCUT2D eigenvalue weighted by molar-refractivity contribution is 0.0497. The number of nitrogens with one attached hydrogen (secondary N) is 2. The van der Waals surface area contributed by atoms with Gasteiger partial charge in [-0.05, 0) is 57.9 Å². The summed E-state index contributed by atoms with van der Waals surface area (Å²) in [4.78, 5) is 26.6. The van der Waals surface area contributed by atoms with Crippen LogP contribution in [0.25, 0.3) is 22.6 Å². The zero-order valence-electron chi connectivity index (χ0n) is 18.9. The van der Waals surface area contributed by atoms with Crippen LogP contribution in [0.2, 0.25) is 10.0 Å². The number of benzene rings is 1. The molecule has 3 aromatic rings. The lowest BCUT2D eigenvalue weighted by Gasteiger charge is -2.33. The second-order valence-corrected chi connectivity index (χ2v) is 9.90. The Bertz CT molecular complexity index is 1120. The van der Waals surface area contributed by atoms with Crippen molar-refractivity contribution in [2.24, 2.45) is 0 Å². The first-order valence-electron chi connectivity index (χ1n) is 10.9. The van der Waals surface area contributed by atoms with Crippen LogP contribution in [0.3, 0.4) is 0 Å². The van der Waals surface area contributed by atoms with Gasteiger partial charge in [-0.1, -0.05) is 29.3 Å². The summed E-state index contributed by atoms with van der Waals surface area (Å²) < 4.78 is 5.35. The Kier molecular flexibility index (Phi) is 6.81. The maximum absolute atomic E-state index is 12.0. The molecule has 2 aromatic heterocycles. The number of pyridine rings is 1. The van der Waals surface area contributed by atoms with Gasteiger partial charge in [0.15, 0.2) is 0 Å². The molecule has 0 bridgehead atoms. The predicted molar refractivity (Wildman–Crippen MR) is 132 cm³/mol. The van der Waals surface area contributed by atoms with E-state index in [1.165, 1.54) is 0 Å². The first kappa shape index (κ1) is 23.4. The fourth-order valence-electron chi connectivity index (χ4n) is 3.72. The van der Waals surface area contributed by atoms with Crippen molar-refractivity contribution in [3.63, 3.8) is 0 Å². The Hall–Kier alpha value is -2.77. The number of imidazole rings is 1. The number of ether oxygens (including phenoxy) is 1. The van der Waals surface area contributed by atoms with E-state index in [0.29, 0.717) is 10.0 Å². The first-order valence-corrected chi connectivity index (χ1v) is 11.6. The van der Waals surface area contributed by atoms with Crippen molar-refractivity contribution in [1.82, 2.24) is 20.3 Å². The Morgan fingerprint density at radius 3 is 2.42 bits per heavy atom. The average molecular weight is 488 g/mol. The number of alkyl carbamates (subject to hydrolysis) is 1. The predicted octanol–water partition coefficient (Wildman–Crippen LogP) is 5.94. The van der Waals surface area contributed by atoms with Crippen LogP contribution in [0.1, 0.15) is 33.6 Å². The summed E-state index contributed by atoms with van der Waals surface area (Å²) in [7, 11) is 0. The number of rotatable bonds is 4. The molecule has 174 valence electrons. The summed E-state index contributed by atoms with van der Waals surface area (Å²) in [6.07, 6.45) is 4.91. The average Bonchev–Trinajstić information content (AvgIpc) is 3.25. The number of piperidine rings is 1. The molecule has 1 aromatic carbocycles. The molecule has 1 saturated heterocycles. The fourth-order valence-corrected chi connectivity index (χ4v) is 4.02. The highest BCUT2D eigenvalue weighted by atomic mass is 35.5. The van der Waals surface area contributed by atoms with Gasteiger partial charge in [0.1, 0.15) is 17.2 Å². The number of nitrogens with zero attached hydrogens (tertiary/aromatic N) is 3. The van der Waals surface area contributed by atoms with Gasteiger partial charge in [0.05, 0.1) is 21.9 Å². The Morgan fingerprint density at radius 2 is 1.79 bits per heavy atom. The Morgan fingerprint density at radius 1 is 1.06 bits per heavy atom. The molecule has 0 atom stereocenters. The second-order valence-electron chi connectivity index (χ2n) is 9.09. The number of anilines is 1. The van der Waals surface area contributed by atoms with Crippen molar-refractivity contribution in [3.05, 3.63) is 52.8 Å². The van der Waals surface area contributed by atoms with Crippen molar-refractivity contribution in [3.8, 4) is 22.6 Å². The number of aromatic amines is 1. The zero-order valence-corrected chi connectivity index (χ0v) is 20.4. The first-order chi connectivity index (χ1) is 15.7. The molecule has 4 rings (SSSR count). The maximum atomic E-state index is 12.0. The van der Waals surface area contributed by atoms with Crippen LogP contribution < -0.4 is 10.2 Å². The van der Waals surface area contributed by atoms with Gasteiger partial charge in [-0.2, -0.15) is 0 Å². The van der Waals surface area contributed by atoms with Crippen LogP contribution in [0.15, 0.2) is 42.7 Å². The molecule has 1 aliphatic heterocycles. The van der Waals surface area contributed by atoms with E-state index in [1.54, 1.807) is 12.3 Å². The third-order valence-corrected chi connectivity index (χ3v) is 6.11. The van der Waals surface area contributed by atoms with Gasteiger partial charge >= 0.3 is 6.09 Å². The molecule has 1 amide bonds. The topological polar surface area (TPSA) is 83.1 Å². The standard InChI is InChI=1S/C24H27Cl2N5O2/c1-24(2,3)33-23(32)29-17-8-10-31(11-9-17)21-7-5-16(13-27-21)22-28-14-20(30-22)15-4-6-18(25)19(26)12-15/h4-7,12-14,17H,8-11H2,1-3H3,(H,28,30)(H,29,32). The summed E-state index contributed by atoms with van der Waals surface area (Å²) in [5.41, 5.74) is 2.17. The molecule has 9 heteroatoms. The van der Waals surface area contributed by atoms with E-state index in [-0.39, 0.29) is 12.1 Å². The van der Waals surface area contributed by atoms with E-state index < -0.39 is 5.60 Å². The molecule has 0 radical (unpaired) electrons. The summed E-state index contributed by atoms with van der Waals surface area (Å²) in [6.45, 7) is 7.22. The van der Waals surface area contributed by atoms with Gasteiger partial charge < -0.3 is 19.9 Å². The Balaban J connectivity index is 1.35. The molecule has 0 spiro atoms. The third-order valence-electron chi connectivity index (χ3n) is 5.37. The van der Waals surface area contributed by atoms with Crippen LogP contribution >= 0.6 is 23.2 Å². The third kappa shape index (κ3) is 5.97. The van der Waals surface area contributed by atoms with Crippen LogP contribution in [0.5, 0.6) is 0 Å². The molecule has 1 fully saturated rings. The SMILES string of the molecule is CC(C)(C)OC(=O)NC1CCN(c2ccc(-c3ncc(-c4ccc(Cl)c(Cl)c4)[nH]3)cn2)CC1. The summed E-state index contributed by atoms with van der Waals surface area (Å²) in [6, 6.07) is 9.59. The van der Waals surface area contributed by atoms with Gasteiger partial charge in [0, 0.05) is 36.5 Å². The summed E-state index contributed by atoms with van der Waals surface area (Å²) in [5, 5.41) is 3.98. The molecule has 2 N–H and O–H groups in total. The van der Waals surface area contributed by atoms with E-state index in [0.717, 1.165) is 54.4 Å². The smallest absolute Gasteiger partial charge is 0.407 e. The minimum atomic E-state index is -0.493. The fraction of sp³-hybridized carbons (Fsp3) is 0.375. The van der Waals surface area contributed by atoms with Crippen LogP contribution in [-0.2, 0) is 4.74 Å². The van der Waals surface area contributed by atoms with E-state index >= 15 is 0 Å². The number of halogens is 2. The van der Waals surface area contributed by atoms with Gasteiger partial charge in [-0.25, -0.2) is 14.8 Å².